The number of fused-ring (bicyclic) bond motifs is 1. The number of ketones is 1. The van der Waals surface area contributed by atoms with Crippen LogP contribution in [0, 0.1) is 12.3 Å². The van der Waals surface area contributed by atoms with Gasteiger partial charge in [0, 0.05) is 30.5 Å². The smallest absolute Gasteiger partial charge is 0.243 e. The van der Waals surface area contributed by atoms with Crippen molar-refractivity contribution in [1.82, 2.24) is 4.31 Å². The normalized spacial score (nSPS) is 23.0. The number of rotatable bonds is 4. The maximum Gasteiger partial charge on any atom is 0.243 e. The van der Waals surface area contributed by atoms with Gasteiger partial charge in [-0.2, -0.15) is 4.31 Å². The fourth-order valence-electron chi connectivity index (χ4n) is 4.25. The van der Waals surface area contributed by atoms with Crippen molar-refractivity contribution in [3.05, 3.63) is 84.0 Å². The van der Waals surface area contributed by atoms with Crippen LogP contribution in [0.3, 0.4) is 0 Å². The van der Waals surface area contributed by atoms with Crippen LogP contribution in [0.4, 0.5) is 0 Å². The topological polar surface area (TPSA) is 54.5 Å². The second kappa shape index (κ2) is 6.83. The van der Waals surface area contributed by atoms with E-state index in [9.17, 15) is 13.2 Å². The Morgan fingerprint density at radius 3 is 2.39 bits per heavy atom. The van der Waals surface area contributed by atoms with Gasteiger partial charge in [-0.15, -0.1) is 6.58 Å². The minimum absolute atomic E-state index is 0.0771. The molecule has 0 aromatic heterocycles. The van der Waals surface area contributed by atoms with E-state index in [1.165, 1.54) is 4.31 Å². The summed E-state index contributed by atoms with van der Waals surface area (Å²) in [4.78, 5) is 13.1. The molecule has 0 spiro atoms. The number of sulfonamides is 1. The van der Waals surface area contributed by atoms with Gasteiger partial charge in [-0.05, 0) is 36.6 Å². The molecule has 1 aliphatic heterocycles. The van der Waals surface area contributed by atoms with E-state index in [-0.39, 0.29) is 17.2 Å². The summed E-state index contributed by atoms with van der Waals surface area (Å²) in [5.41, 5.74) is 2.91. The Morgan fingerprint density at radius 2 is 1.75 bits per heavy atom. The zero-order valence-corrected chi connectivity index (χ0v) is 16.7. The molecule has 4 nitrogen and oxygen atoms in total. The first-order valence-corrected chi connectivity index (χ1v) is 10.8. The van der Waals surface area contributed by atoms with Gasteiger partial charge in [-0.1, -0.05) is 54.1 Å². The highest BCUT2D eigenvalue weighted by molar-refractivity contribution is 7.89. The van der Waals surface area contributed by atoms with Gasteiger partial charge >= 0.3 is 0 Å². The number of hydrogen-bond acceptors (Lipinski definition) is 3. The van der Waals surface area contributed by atoms with Crippen molar-refractivity contribution in [2.24, 2.45) is 5.41 Å². The number of nitrogens with zero attached hydrogens (tertiary/aromatic N) is 1. The number of allylic oxidation sites excluding steroid dienone is 1. The average molecular weight is 394 g/mol. The van der Waals surface area contributed by atoms with Gasteiger partial charge < -0.3 is 0 Å². The van der Waals surface area contributed by atoms with Crippen LogP contribution in [0.25, 0.3) is 5.57 Å². The number of carbonyl (C=O) groups excluding carboxylic acids is 1. The fourth-order valence-corrected chi connectivity index (χ4v) is 5.72. The summed E-state index contributed by atoms with van der Waals surface area (Å²) in [6, 6.07) is 16.4. The van der Waals surface area contributed by atoms with E-state index in [1.807, 2.05) is 43.3 Å². The molecule has 28 heavy (non-hydrogen) atoms. The summed E-state index contributed by atoms with van der Waals surface area (Å²) in [5.74, 6) is 0.0771. The summed E-state index contributed by atoms with van der Waals surface area (Å²) in [6.45, 7) is 6.48. The van der Waals surface area contributed by atoms with Crippen LogP contribution in [0.1, 0.15) is 24.0 Å². The molecule has 2 aromatic rings. The van der Waals surface area contributed by atoms with Crippen LogP contribution >= 0.6 is 0 Å². The third-order valence-electron chi connectivity index (χ3n) is 5.88. The molecule has 5 heteroatoms. The van der Waals surface area contributed by atoms with Crippen LogP contribution < -0.4 is 0 Å². The predicted octanol–water partition coefficient (Wildman–Crippen LogP) is 3.99. The average Bonchev–Trinajstić information content (AvgIpc) is 3.10. The maximum atomic E-state index is 13.3. The Balaban J connectivity index is 1.82. The van der Waals surface area contributed by atoms with Crippen LogP contribution in [0.5, 0.6) is 0 Å². The molecule has 1 atom stereocenters. The van der Waals surface area contributed by atoms with Crippen molar-refractivity contribution < 1.29 is 13.2 Å². The Hall–Kier alpha value is -2.50. The van der Waals surface area contributed by atoms with E-state index >= 15 is 0 Å². The van der Waals surface area contributed by atoms with Crippen molar-refractivity contribution in [3.63, 3.8) is 0 Å². The molecule has 1 aliphatic carbocycles. The third kappa shape index (κ3) is 2.95. The fraction of sp³-hybridized carbons (Fsp3) is 0.261. The van der Waals surface area contributed by atoms with E-state index in [0.29, 0.717) is 25.0 Å². The number of carbonyl (C=O) groups is 1. The largest absolute Gasteiger partial charge is 0.294 e. The van der Waals surface area contributed by atoms with E-state index in [0.717, 1.165) is 16.7 Å². The molecule has 0 radical (unpaired) electrons. The minimum Gasteiger partial charge on any atom is -0.294 e. The van der Waals surface area contributed by atoms with Crippen molar-refractivity contribution in [3.8, 4) is 0 Å². The van der Waals surface area contributed by atoms with Gasteiger partial charge in [0.2, 0.25) is 10.0 Å². The molecule has 1 unspecified atom stereocenters. The number of benzene rings is 2. The summed E-state index contributed by atoms with van der Waals surface area (Å²) in [7, 11) is -3.64. The van der Waals surface area contributed by atoms with Crippen molar-refractivity contribution in [2.45, 2.75) is 24.7 Å². The quantitative estimate of drug-likeness (QED) is 0.738. The second-order valence-electron chi connectivity index (χ2n) is 7.59. The van der Waals surface area contributed by atoms with Crippen molar-refractivity contribution >= 4 is 21.4 Å². The van der Waals surface area contributed by atoms with E-state index in [2.05, 4.69) is 6.58 Å². The Morgan fingerprint density at radius 1 is 1.07 bits per heavy atom. The molecule has 2 aliphatic rings. The first-order valence-electron chi connectivity index (χ1n) is 9.40. The summed E-state index contributed by atoms with van der Waals surface area (Å²) < 4.78 is 28.0. The van der Waals surface area contributed by atoms with Crippen molar-refractivity contribution in [1.29, 1.82) is 0 Å². The summed E-state index contributed by atoms with van der Waals surface area (Å²) >= 11 is 0. The lowest BCUT2D eigenvalue weighted by Crippen LogP contribution is -2.32. The van der Waals surface area contributed by atoms with Crippen molar-refractivity contribution in [2.75, 3.05) is 13.1 Å². The lowest BCUT2D eigenvalue weighted by Gasteiger charge is -2.32. The first kappa shape index (κ1) is 18.8. The van der Waals surface area contributed by atoms with Crippen LogP contribution in [-0.4, -0.2) is 31.6 Å². The molecule has 4 rings (SSSR count). The molecule has 1 saturated heterocycles. The van der Waals surface area contributed by atoms with Gasteiger partial charge in [-0.3, -0.25) is 4.79 Å². The van der Waals surface area contributed by atoms with E-state index in [1.54, 1.807) is 24.3 Å². The molecular weight excluding hydrogens is 370 g/mol. The molecular formula is C23H23NO3S. The van der Waals surface area contributed by atoms with Gasteiger partial charge in [0.15, 0.2) is 5.78 Å². The highest BCUT2D eigenvalue weighted by Crippen LogP contribution is 2.49. The zero-order valence-electron chi connectivity index (χ0n) is 15.9. The highest BCUT2D eigenvalue weighted by atomic mass is 32.2. The maximum absolute atomic E-state index is 13.3. The second-order valence-corrected chi connectivity index (χ2v) is 9.53. The Kier molecular flexibility index (Phi) is 4.60. The Bertz CT molecular complexity index is 1070. The number of hydrogen-bond donors (Lipinski definition) is 0. The SMILES string of the molecule is C=CC12CCC(=O)C(c3ccccc3)=C1CN(S(=O)(=O)c1ccc(C)cc1)C2. The molecule has 2 aromatic carbocycles. The van der Waals surface area contributed by atoms with E-state index < -0.39 is 15.4 Å². The molecule has 0 saturated carbocycles. The number of aryl methyl sites for hydroxylation is 1. The lowest BCUT2D eigenvalue weighted by atomic mass is 9.70. The highest BCUT2D eigenvalue weighted by Gasteiger charge is 2.49. The van der Waals surface area contributed by atoms with Crippen LogP contribution in [0.15, 0.2) is 77.7 Å². The molecule has 144 valence electrons. The number of Topliss-reactive ketones (excluding diaryl/α,β-unsaturated/α-hetero) is 1. The minimum atomic E-state index is -3.64. The van der Waals surface area contributed by atoms with Gasteiger partial charge in [-0.25, -0.2) is 8.42 Å². The van der Waals surface area contributed by atoms with Gasteiger partial charge in [0.25, 0.3) is 0 Å². The standard InChI is InChI=1S/C23H23NO3S/c1-3-23-14-13-21(25)22(18-7-5-4-6-8-18)20(23)15-24(16-23)28(26,27)19-11-9-17(2)10-12-19/h3-12H,1,13-16H2,2H3. The lowest BCUT2D eigenvalue weighted by molar-refractivity contribution is -0.114. The predicted molar refractivity (Wildman–Crippen MR) is 110 cm³/mol. The molecule has 0 bridgehead atoms. The third-order valence-corrected chi connectivity index (χ3v) is 7.69. The molecule has 0 amide bonds. The van der Waals surface area contributed by atoms with Crippen LogP contribution in [0.2, 0.25) is 0 Å². The summed E-state index contributed by atoms with van der Waals surface area (Å²) in [6.07, 6.45) is 2.83. The molecule has 1 heterocycles. The van der Waals surface area contributed by atoms with Crippen LogP contribution in [-0.2, 0) is 14.8 Å². The zero-order chi connectivity index (χ0) is 19.9. The van der Waals surface area contributed by atoms with Gasteiger partial charge in [0.05, 0.1) is 4.90 Å². The van der Waals surface area contributed by atoms with E-state index in [4.69, 9.17) is 0 Å². The first-order chi connectivity index (χ1) is 13.4. The summed E-state index contributed by atoms with van der Waals surface area (Å²) in [5, 5.41) is 0. The molecule has 1 fully saturated rings. The monoisotopic (exact) mass is 393 g/mol. The van der Waals surface area contributed by atoms with Gasteiger partial charge in [0.1, 0.15) is 0 Å². The molecule has 0 N–H and O–H groups in total. The Labute approximate surface area is 166 Å².